The number of benzene rings is 1. The molecule has 0 atom stereocenters. The van der Waals surface area contributed by atoms with Gasteiger partial charge < -0.3 is 5.73 Å². The quantitative estimate of drug-likeness (QED) is 0.648. The van der Waals surface area contributed by atoms with E-state index < -0.39 is 0 Å². The molecule has 0 fully saturated rings. The van der Waals surface area contributed by atoms with Crippen molar-refractivity contribution >= 4 is 28.3 Å². The Labute approximate surface area is 93.9 Å². The number of hydrogen-bond donors (Lipinski definition) is 1. The summed E-state index contributed by atoms with van der Waals surface area (Å²) in [5.74, 6) is -0.350. The molecule has 14 heavy (non-hydrogen) atoms. The van der Waals surface area contributed by atoms with E-state index >= 15 is 0 Å². The van der Waals surface area contributed by atoms with E-state index in [1.165, 1.54) is 17.1 Å². The van der Waals surface area contributed by atoms with E-state index in [4.69, 9.17) is 5.73 Å². The van der Waals surface area contributed by atoms with Crippen LogP contribution in [0.5, 0.6) is 0 Å². The van der Waals surface area contributed by atoms with Crippen LogP contribution in [0.1, 0.15) is 0 Å². The van der Waals surface area contributed by atoms with Gasteiger partial charge in [-0.2, -0.15) is 5.10 Å². The highest BCUT2D eigenvalue weighted by molar-refractivity contribution is 14.1. The predicted molar refractivity (Wildman–Crippen MR) is 60.7 cm³/mol. The molecule has 2 aromatic rings. The molecule has 0 aliphatic heterocycles. The fourth-order valence-electron chi connectivity index (χ4n) is 1.10. The Bertz CT molecular complexity index is 467. The molecule has 2 N–H and O–H groups in total. The van der Waals surface area contributed by atoms with Crippen molar-refractivity contribution in [1.29, 1.82) is 0 Å². The molecule has 2 rings (SSSR count). The van der Waals surface area contributed by atoms with Crippen LogP contribution in [0, 0.1) is 9.39 Å². The fraction of sp³-hybridized carbons (Fsp3) is 0. The van der Waals surface area contributed by atoms with E-state index in [1.807, 2.05) is 6.07 Å². The van der Waals surface area contributed by atoms with Crippen LogP contribution < -0.4 is 5.73 Å². The van der Waals surface area contributed by atoms with Gasteiger partial charge in [-0.15, -0.1) is 0 Å². The second-order valence-corrected chi connectivity index (χ2v) is 3.97. The Morgan fingerprint density at radius 3 is 2.79 bits per heavy atom. The number of hydrogen-bond acceptors (Lipinski definition) is 2. The average Bonchev–Trinajstić information content (AvgIpc) is 2.57. The minimum Gasteiger partial charge on any atom is -0.398 e. The maximum atomic E-state index is 12.7. The van der Waals surface area contributed by atoms with Crippen molar-refractivity contribution in [3.8, 4) is 5.69 Å². The second kappa shape index (κ2) is 3.56. The van der Waals surface area contributed by atoms with Gasteiger partial charge in [-0.3, -0.25) is 0 Å². The maximum absolute atomic E-state index is 12.7. The first-order valence-electron chi connectivity index (χ1n) is 3.92. The van der Waals surface area contributed by atoms with Crippen molar-refractivity contribution in [3.63, 3.8) is 0 Å². The van der Waals surface area contributed by atoms with Crippen LogP contribution in [-0.4, -0.2) is 9.78 Å². The second-order valence-electron chi connectivity index (χ2n) is 2.81. The zero-order chi connectivity index (χ0) is 10.1. The van der Waals surface area contributed by atoms with Gasteiger partial charge in [0, 0.05) is 9.26 Å². The summed E-state index contributed by atoms with van der Waals surface area (Å²) in [5.41, 5.74) is 7.17. The summed E-state index contributed by atoms with van der Waals surface area (Å²) in [6.07, 6.45) is 2.49. The first-order chi connectivity index (χ1) is 6.66. The van der Waals surface area contributed by atoms with Gasteiger partial charge in [0.2, 0.25) is 0 Å². The van der Waals surface area contributed by atoms with Gasteiger partial charge in [-0.1, -0.05) is 0 Å². The third-order valence-electron chi connectivity index (χ3n) is 1.80. The summed E-state index contributed by atoms with van der Waals surface area (Å²) < 4.78 is 15.1. The van der Waals surface area contributed by atoms with E-state index in [2.05, 4.69) is 27.7 Å². The third kappa shape index (κ3) is 1.72. The number of rotatable bonds is 1. The number of nitrogens with two attached hydrogens (primary N) is 1. The van der Waals surface area contributed by atoms with Crippen LogP contribution in [0.4, 0.5) is 10.1 Å². The molecule has 1 heterocycles. The molecule has 0 saturated heterocycles. The summed E-state index contributed by atoms with van der Waals surface area (Å²) in [7, 11) is 0. The molecule has 1 aromatic carbocycles. The highest BCUT2D eigenvalue weighted by atomic mass is 127. The van der Waals surface area contributed by atoms with Crippen molar-refractivity contribution < 1.29 is 4.39 Å². The standard InChI is InChI=1S/C9H7FIN3/c10-6-4-13-14(5-6)7-1-2-9(12)8(11)3-7/h1-5H,12H2. The van der Waals surface area contributed by atoms with E-state index in [9.17, 15) is 4.39 Å². The molecule has 0 radical (unpaired) electrons. The average molecular weight is 303 g/mol. The van der Waals surface area contributed by atoms with E-state index in [1.54, 1.807) is 12.1 Å². The molecule has 3 nitrogen and oxygen atoms in total. The van der Waals surface area contributed by atoms with Crippen molar-refractivity contribution in [1.82, 2.24) is 9.78 Å². The monoisotopic (exact) mass is 303 g/mol. The summed E-state index contributed by atoms with van der Waals surface area (Å²) in [6, 6.07) is 5.42. The highest BCUT2D eigenvalue weighted by Gasteiger charge is 2.02. The number of aromatic nitrogens is 2. The lowest BCUT2D eigenvalue weighted by Gasteiger charge is -2.03. The van der Waals surface area contributed by atoms with Crippen LogP contribution in [0.2, 0.25) is 0 Å². The number of halogens is 2. The lowest BCUT2D eigenvalue weighted by atomic mass is 10.3. The summed E-state index contributed by atoms with van der Waals surface area (Å²) in [5, 5.41) is 3.85. The zero-order valence-corrected chi connectivity index (χ0v) is 9.27. The summed E-state index contributed by atoms with van der Waals surface area (Å²) in [6.45, 7) is 0. The summed E-state index contributed by atoms with van der Waals surface area (Å²) >= 11 is 2.12. The van der Waals surface area contributed by atoms with E-state index in [0.717, 1.165) is 9.26 Å². The predicted octanol–water partition coefficient (Wildman–Crippen LogP) is 2.20. The van der Waals surface area contributed by atoms with Crippen molar-refractivity contribution in [2.24, 2.45) is 0 Å². The van der Waals surface area contributed by atoms with Gasteiger partial charge in [0.15, 0.2) is 5.82 Å². The SMILES string of the molecule is Nc1ccc(-n2cc(F)cn2)cc1I. The molecule has 72 valence electrons. The molecule has 0 spiro atoms. The largest absolute Gasteiger partial charge is 0.398 e. The number of nitrogens with zero attached hydrogens (tertiary/aromatic N) is 2. The number of nitrogen functional groups attached to an aromatic ring is 1. The van der Waals surface area contributed by atoms with Crippen LogP contribution in [0.15, 0.2) is 30.6 Å². The first-order valence-corrected chi connectivity index (χ1v) is 5.00. The third-order valence-corrected chi connectivity index (χ3v) is 2.73. The molecule has 5 heteroatoms. The fourth-order valence-corrected chi connectivity index (χ4v) is 1.60. The van der Waals surface area contributed by atoms with Crippen LogP contribution in [0.3, 0.4) is 0 Å². The lowest BCUT2D eigenvalue weighted by molar-refractivity contribution is 0.627. The van der Waals surface area contributed by atoms with E-state index in [-0.39, 0.29) is 5.82 Å². The van der Waals surface area contributed by atoms with Gasteiger partial charge in [0.25, 0.3) is 0 Å². The molecule has 0 aliphatic rings. The minimum atomic E-state index is -0.350. The topological polar surface area (TPSA) is 43.8 Å². The zero-order valence-electron chi connectivity index (χ0n) is 7.11. The summed E-state index contributed by atoms with van der Waals surface area (Å²) in [4.78, 5) is 0. The minimum absolute atomic E-state index is 0.350. The Balaban J connectivity index is 2.47. The van der Waals surface area contributed by atoms with Gasteiger partial charge >= 0.3 is 0 Å². The Morgan fingerprint density at radius 2 is 2.21 bits per heavy atom. The van der Waals surface area contributed by atoms with E-state index in [0.29, 0.717) is 5.69 Å². The lowest BCUT2D eigenvalue weighted by Crippen LogP contribution is -1.96. The van der Waals surface area contributed by atoms with Crippen molar-refractivity contribution in [3.05, 3.63) is 40.0 Å². The molecule has 0 bridgehead atoms. The van der Waals surface area contributed by atoms with Crippen LogP contribution in [0.25, 0.3) is 5.69 Å². The first kappa shape index (κ1) is 9.45. The molecular weight excluding hydrogens is 296 g/mol. The highest BCUT2D eigenvalue weighted by Crippen LogP contribution is 2.18. The Hall–Kier alpha value is -1.11. The van der Waals surface area contributed by atoms with Gasteiger partial charge in [0.1, 0.15) is 0 Å². The molecule has 0 unspecified atom stereocenters. The molecule has 1 aromatic heterocycles. The van der Waals surface area contributed by atoms with Gasteiger partial charge in [-0.05, 0) is 40.8 Å². The van der Waals surface area contributed by atoms with Crippen molar-refractivity contribution in [2.75, 3.05) is 5.73 Å². The normalized spacial score (nSPS) is 10.4. The van der Waals surface area contributed by atoms with Crippen LogP contribution in [-0.2, 0) is 0 Å². The van der Waals surface area contributed by atoms with Gasteiger partial charge in [0.05, 0.1) is 18.1 Å². The van der Waals surface area contributed by atoms with Gasteiger partial charge in [-0.25, -0.2) is 9.07 Å². The number of anilines is 1. The Morgan fingerprint density at radius 1 is 1.43 bits per heavy atom. The molecule has 0 amide bonds. The van der Waals surface area contributed by atoms with Crippen LogP contribution >= 0.6 is 22.6 Å². The van der Waals surface area contributed by atoms with Crippen molar-refractivity contribution in [2.45, 2.75) is 0 Å². The smallest absolute Gasteiger partial charge is 0.161 e. The molecule has 0 saturated carbocycles. The maximum Gasteiger partial charge on any atom is 0.161 e. The molecule has 0 aliphatic carbocycles. The molecular formula is C9H7FIN3. The Kier molecular flexibility index (Phi) is 2.40.